The van der Waals surface area contributed by atoms with Crippen molar-refractivity contribution in [3.05, 3.63) is 12.1 Å². The summed E-state index contributed by atoms with van der Waals surface area (Å²) in [5, 5.41) is 8.17. The molecule has 1 aliphatic carbocycles. The Balaban J connectivity index is 1.57. The van der Waals surface area contributed by atoms with Crippen molar-refractivity contribution in [2.45, 2.75) is 63.8 Å². The Hall–Kier alpha value is -2.28. The topological polar surface area (TPSA) is 71.5 Å². The van der Waals surface area contributed by atoms with E-state index in [1.807, 2.05) is 12.1 Å². The first-order chi connectivity index (χ1) is 15.3. The molecule has 0 amide bonds. The molecule has 2 heterocycles. The summed E-state index contributed by atoms with van der Waals surface area (Å²) in [5.41, 5.74) is 0.865. The molecule has 0 radical (unpaired) electrons. The van der Waals surface area contributed by atoms with Crippen molar-refractivity contribution in [3.63, 3.8) is 0 Å². The van der Waals surface area contributed by atoms with Crippen LogP contribution in [0.2, 0.25) is 0 Å². The van der Waals surface area contributed by atoms with Gasteiger partial charge in [-0.3, -0.25) is 0 Å². The molecule has 1 aliphatic heterocycles. The first-order valence-electron chi connectivity index (χ1n) is 11.9. The van der Waals surface area contributed by atoms with E-state index in [9.17, 15) is 0 Å². The van der Waals surface area contributed by atoms with Crippen LogP contribution in [0.3, 0.4) is 0 Å². The minimum absolute atomic E-state index is 0.454. The number of nitrogens with zero attached hydrogens (tertiary/aromatic N) is 3. The second-order valence-corrected chi connectivity index (χ2v) is 8.78. The molecule has 0 spiro atoms. The van der Waals surface area contributed by atoms with Crippen LogP contribution in [-0.4, -0.2) is 61.3 Å². The number of aromatic nitrogens is 2. The monoisotopic (exact) mass is 427 g/mol. The van der Waals surface area contributed by atoms with E-state index in [1.54, 1.807) is 14.2 Å². The summed E-state index contributed by atoms with van der Waals surface area (Å²) in [6.07, 6.45) is 11.6. The maximum atomic E-state index is 5.54. The summed E-state index contributed by atoms with van der Waals surface area (Å²) < 4.78 is 11.1. The van der Waals surface area contributed by atoms with E-state index in [-0.39, 0.29) is 0 Å². The number of hydrogen-bond donors (Lipinski definition) is 2. The Morgan fingerprint density at radius 3 is 2.29 bits per heavy atom. The number of piperidine rings is 1. The second-order valence-electron chi connectivity index (χ2n) is 8.78. The molecule has 2 N–H and O–H groups in total. The summed E-state index contributed by atoms with van der Waals surface area (Å²) in [5.74, 6) is 2.95. The minimum atomic E-state index is 0.454. The van der Waals surface area contributed by atoms with Gasteiger partial charge in [-0.2, -0.15) is 4.98 Å². The zero-order chi connectivity index (χ0) is 21.5. The minimum Gasteiger partial charge on any atom is -0.493 e. The van der Waals surface area contributed by atoms with Crippen molar-refractivity contribution in [2.24, 2.45) is 0 Å². The molecule has 2 fully saturated rings. The van der Waals surface area contributed by atoms with Gasteiger partial charge in [-0.15, -0.1) is 0 Å². The molecule has 1 saturated carbocycles. The number of rotatable bonds is 8. The first-order valence-corrected chi connectivity index (χ1v) is 11.9. The largest absolute Gasteiger partial charge is 0.493 e. The number of likely N-dealkylation sites (tertiary alicyclic amines) is 1. The molecule has 7 nitrogen and oxygen atoms in total. The van der Waals surface area contributed by atoms with Crippen molar-refractivity contribution in [3.8, 4) is 11.5 Å². The maximum Gasteiger partial charge on any atom is 0.225 e. The van der Waals surface area contributed by atoms with Gasteiger partial charge in [0, 0.05) is 30.6 Å². The molecule has 170 valence electrons. The zero-order valence-corrected chi connectivity index (χ0v) is 19.1. The van der Waals surface area contributed by atoms with Gasteiger partial charge in [-0.1, -0.05) is 32.1 Å². The quantitative estimate of drug-likeness (QED) is 0.593. The smallest absolute Gasteiger partial charge is 0.225 e. The van der Waals surface area contributed by atoms with Gasteiger partial charge in [0.1, 0.15) is 5.82 Å². The van der Waals surface area contributed by atoms with Gasteiger partial charge in [-0.25, -0.2) is 4.98 Å². The van der Waals surface area contributed by atoms with Gasteiger partial charge in [-0.05, 0) is 44.8 Å². The zero-order valence-electron chi connectivity index (χ0n) is 19.1. The van der Waals surface area contributed by atoms with Crippen molar-refractivity contribution in [1.29, 1.82) is 0 Å². The van der Waals surface area contributed by atoms with Gasteiger partial charge in [0.2, 0.25) is 5.95 Å². The van der Waals surface area contributed by atoms with Crippen LogP contribution >= 0.6 is 0 Å². The molecular weight excluding hydrogens is 390 g/mol. The fourth-order valence-corrected chi connectivity index (χ4v) is 4.77. The highest BCUT2D eigenvalue weighted by molar-refractivity contribution is 5.92. The van der Waals surface area contributed by atoms with Gasteiger partial charge in [0.25, 0.3) is 0 Å². The Morgan fingerprint density at radius 2 is 1.58 bits per heavy atom. The molecule has 0 bridgehead atoms. The van der Waals surface area contributed by atoms with E-state index in [2.05, 4.69) is 15.5 Å². The molecule has 1 aromatic carbocycles. The molecule has 4 rings (SSSR count). The summed E-state index contributed by atoms with van der Waals surface area (Å²) in [7, 11) is 3.33. The SMILES string of the molecule is COc1cc2nc(NCCN3CCCCC3)nc(NC3CCCCCC3)c2cc1OC. The third-order valence-corrected chi connectivity index (χ3v) is 6.56. The average Bonchev–Trinajstić information content (AvgIpc) is 3.07. The molecule has 0 atom stereocenters. The number of fused-ring (bicyclic) bond motifs is 1. The van der Waals surface area contributed by atoms with Crippen LogP contribution in [0.4, 0.5) is 11.8 Å². The lowest BCUT2D eigenvalue weighted by Gasteiger charge is -2.26. The molecule has 7 heteroatoms. The van der Waals surface area contributed by atoms with E-state index >= 15 is 0 Å². The Morgan fingerprint density at radius 1 is 0.903 bits per heavy atom. The van der Waals surface area contributed by atoms with Crippen molar-refractivity contribution in [2.75, 3.05) is 51.0 Å². The lowest BCUT2D eigenvalue weighted by molar-refractivity contribution is 0.237. The number of hydrogen-bond acceptors (Lipinski definition) is 7. The predicted octanol–water partition coefficient (Wildman–Crippen LogP) is 4.68. The average molecular weight is 428 g/mol. The van der Waals surface area contributed by atoms with Crippen molar-refractivity contribution in [1.82, 2.24) is 14.9 Å². The summed E-state index contributed by atoms with van der Waals surface area (Å²) in [6.45, 7) is 4.28. The van der Waals surface area contributed by atoms with Crippen LogP contribution in [-0.2, 0) is 0 Å². The highest BCUT2D eigenvalue weighted by Crippen LogP contribution is 2.35. The Bertz CT molecular complexity index is 845. The van der Waals surface area contributed by atoms with Crippen LogP contribution < -0.4 is 20.1 Å². The van der Waals surface area contributed by atoms with Crippen molar-refractivity contribution < 1.29 is 9.47 Å². The number of ether oxygens (including phenoxy) is 2. The molecule has 31 heavy (non-hydrogen) atoms. The number of methoxy groups -OCH3 is 2. The molecule has 1 saturated heterocycles. The summed E-state index contributed by atoms with van der Waals surface area (Å²) in [4.78, 5) is 12.2. The van der Waals surface area contributed by atoms with E-state index in [4.69, 9.17) is 19.4 Å². The number of benzene rings is 1. The van der Waals surface area contributed by atoms with E-state index in [1.165, 1.54) is 70.9 Å². The predicted molar refractivity (Wildman–Crippen MR) is 127 cm³/mol. The highest BCUT2D eigenvalue weighted by Gasteiger charge is 2.18. The molecule has 2 aliphatic rings. The number of anilines is 2. The van der Waals surface area contributed by atoms with E-state index in [0.717, 1.165) is 29.8 Å². The summed E-state index contributed by atoms with van der Waals surface area (Å²) in [6, 6.07) is 4.39. The van der Waals surface area contributed by atoms with Crippen molar-refractivity contribution >= 4 is 22.7 Å². The lowest BCUT2D eigenvalue weighted by Crippen LogP contribution is -2.34. The molecule has 2 aromatic rings. The Labute approximate surface area is 185 Å². The van der Waals surface area contributed by atoms with E-state index in [0.29, 0.717) is 23.5 Å². The molecule has 0 unspecified atom stereocenters. The van der Waals surface area contributed by atoms with E-state index < -0.39 is 0 Å². The van der Waals surface area contributed by atoms with Crippen LogP contribution in [0.15, 0.2) is 12.1 Å². The third-order valence-electron chi connectivity index (χ3n) is 6.56. The van der Waals surface area contributed by atoms with Crippen LogP contribution in [0.1, 0.15) is 57.8 Å². The van der Waals surface area contributed by atoms with Crippen LogP contribution in [0, 0.1) is 0 Å². The third kappa shape index (κ3) is 5.70. The first kappa shape index (κ1) is 21.9. The second kappa shape index (κ2) is 10.8. The molecule has 1 aromatic heterocycles. The fraction of sp³-hybridized carbons (Fsp3) is 0.667. The molecular formula is C24H37N5O2. The van der Waals surface area contributed by atoms with Gasteiger partial charge < -0.3 is 25.0 Å². The summed E-state index contributed by atoms with van der Waals surface area (Å²) >= 11 is 0. The Kier molecular flexibility index (Phi) is 7.67. The standard InChI is InChI=1S/C24H37N5O2/c1-30-21-16-19-20(17-22(21)31-2)27-24(25-12-15-29-13-8-5-9-14-29)28-23(19)26-18-10-6-3-4-7-11-18/h16-18H,3-15H2,1-2H3,(H2,25,26,27,28). The highest BCUT2D eigenvalue weighted by atomic mass is 16.5. The van der Waals surface area contributed by atoms with Crippen LogP contribution in [0.5, 0.6) is 11.5 Å². The maximum absolute atomic E-state index is 5.54. The normalized spacial score (nSPS) is 18.5. The van der Waals surface area contributed by atoms with Gasteiger partial charge in [0.15, 0.2) is 11.5 Å². The van der Waals surface area contributed by atoms with Gasteiger partial charge in [0.05, 0.1) is 19.7 Å². The van der Waals surface area contributed by atoms with Crippen LogP contribution in [0.25, 0.3) is 10.9 Å². The lowest BCUT2D eigenvalue weighted by atomic mass is 10.1. The fourth-order valence-electron chi connectivity index (χ4n) is 4.77. The number of nitrogens with one attached hydrogen (secondary N) is 2. The van der Waals surface area contributed by atoms with Gasteiger partial charge >= 0.3 is 0 Å².